The normalized spacial score (nSPS) is 16.3. The second kappa shape index (κ2) is 8.51. The Morgan fingerprint density at radius 2 is 1.93 bits per heavy atom. The molecular weight excluding hydrogens is 384 g/mol. The highest BCUT2D eigenvalue weighted by Crippen LogP contribution is 2.33. The highest BCUT2D eigenvalue weighted by atomic mass is 32.1. The molecule has 0 N–H and O–H groups in total. The standard InChI is InChI=1S/C23H26N2O3S/c1-15-6-10-18(11-7-15)28-14-20(26)25(13-19-5-4-12-27-19)23-24-21-16(2)8-9-17(3)22(21)29-23/h6-11,19H,4-5,12-14H2,1-3H3. The van der Waals surface area contributed by atoms with Gasteiger partial charge in [0, 0.05) is 6.61 Å². The molecule has 1 aliphatic rings. The number of fused-ring (bicyclic) bond motifs is 1. The summed E-state index contributed by atoms with van der Waals surface area (Å²) in [5.41, 5.74) is 4.42. The molecule has 1 fully saturated rings. The third-order valence-corrected chi connectivity index (χ3v) is 6.47. The molecule has 2 heterocycles. The minimum Gasteiger partial charge on any atom is -0.484 e. The minimum atomic E-state index is -0.101. The van der Waals surface area contributed by atoms with E-state index in [2.05, 4.69) is 26.0 Å². The number of benzene rings is 2. The SMILES string of the molecule is Cc1ccc(OCC(=O)N(CC2CCCO2)c2nc3c(C)ccc(C)c3s2)cc1. The molecule has 0 radical (unpaired) electrons. The summed E-state index contributed by atoms with van der Waals surface area (Å²) in [7, 11) is 0. The van der Waals surface area contributed by atoms with E-state index >= 15 is 0 Å². The first kappa shape index (κ1) is 19.9. The summed E-state index contributed by atoms with van der Waals surface area (Å²) in [4.78, 5) is 19.7. The van der Waals surface area contributed by atoms with Gasteiger partial charge in [0.1, 0.15) is 5.75 Å². The maximum atomic E-state index is 13.1. The lowest BCUT2D eigenvalue weighted by Crippen LogP contribution is -2.40. The Morgan fingerprint density at radius 3 is 2.62 bits per heavy atom. The molecule has 1 amide bonds. The molecule has 2 aromatic carbocycles. The van der Waals surface area contributed by atoms with Crippen LogP contribution in [-0.2, 0) is 9.53 Å². The molecule has 3 aromatic rings. The summed E-state index contributed by atoms with van der Waals surface area (Å²) in [6.45, 7) is 7.40. The van der Waals surface area contributed by atoms with Gasteiger partial charge in [-0.05, 0) is 56.9 Å². The van der Waals surface area contributed by atoms with Crippen LogP contribution < -0.4 is 9.64 Å². The summed E-state index contributed by atoms with van der Waals surface area (Å²) >= 11 is 1.56. The van der Waals surface area contributed by atoms with Gasteiger partial charge in [-0.1, -0.05) is 41.2 Å². The van der Waals surface area contributed by atoms with Crippen molar-refractivity contribution in [3.8, 4) is 5.75 Å². The second-order valence-electron chi connectivity index (χ2n) is 7.61. The number of carbonyl (C=O) groups excluding carboxylic acids is 1. The number of nitrogens with zero attached hydrogens (tertiary/aromatic N) is 2. The number of amides is 1. The quantitative estimate of drug-likeness (QED) is 0.585. The number of hydrogen-bond acceptors (Lipinski definition) is 5. The van der Waals surface area contributed by atoms with Crippen molar-refractivity contribution < 1.29 is 14.3 Å². The predicted molar refractivity (Wildman–Crippen MR) is 117 cm³/mol. The average molecular weight is 411 g/mol. The molecule has 1 saturated heterocycles. The van der Waals surface area contributed by atoms with Crippen LogP contribution in [0.4, 0.5) is 5.13 Å². The lowest BCUT2D eigenvalue weighted by atomic mass is 10.1. The molecular formula is C23H26N2O3S. The number of rotatable bonds is 6. The first-order chi connectivity index (χ1) is 14.0. The number of carbonyl (C=O) groups is 1. The zero-order valence-corrected chi connectivity index (χ0v) is 17.9. The third-order valence-electron chi connectivity index (χ3n) is 5.26. The molecule has 0 aliphatic carbocycles. The fourth-order valence-corrected chi connectivity index (χ4v) is 4.64. The van der Waals surface area contributed by atoms with Gasteiger partial charge in [-0.25, -0.2) is 4.98 Å². The number of aromatic nitrogens is 1. The monoisotopic (exact) mass is 410 g/mol. The molecule has 5 nitrogen and oxygen atoms in total. The van der Waals surface area contributed by atoms with Crippen molar-refractivity contribution in [3.63, 3.8) is 0 Å². The highest BCUT2D eigenvalue weighted by Gasteiger charge is 2.27. The van der Waals surface area contributed by atoms with Crippen molar-refractivity contribution in [1.82, 2.24) is 4.98 Å². The highest BCUT2D eigenvalue weighted by molar-refractivity contribution is 7.22. The molecule has 4 rings (SSSR count). The summed E-state index contributed by atoms with van der Waals surface area (Å²) < 4.78 is 12.7. The van der Waals surface area contributed by atoms with Crippen LogP contribution in [0.25, 0.3) is 10.2 Å². The number of aryl methyl sites for hydroxylation is 3. The van der Waals surface area contributed by atoms with E-state index in [4.69, 9.17) is 14.5 Å². The van der Waals surface area contributed by atoms with E-state index < -0.39 is 0 Å². The zero-order valence-electron chi connectivity index (χ0n) is 17.1. The Morgan fingerprint density at radius 1 is 1.17 bits per heavy atom. The van der Waals surface area contributed by atoms with Crippen molar-refractivity contribution in [2.75, 3.05) is 24.7 Å². The van der Waals surface area contributed by atoms with E-state index in [1.54, 1.807) is 16.2 Å². The van der Waals surface area contributed by atoms with Crippen LogP contribution in [0, 0.1) is 20.8 Å². The first-order valence-corrected chi connectivity index (χ1v) is 10.8. The van der Waals surface area contributed by atoms with Crippen molar-refractivity contribution >= 4 is 32.6 Å². The fraction of sp³-hybridized carbons (Fsp3) is 0.391. The van der Waals surface area contributed by atoms with Gasteiger partial charge < -0.3 is 9.47 Å². The number of anilines is 1. The van der Waals surface area contributed by atoms with E-state index in [1.807, 2.05) is 31.2 Å². The van der Waals surface area contributed by atoms with Crippen LogP contribution in [0.2, 0.25) is 0 Å². The van der Waals surface area contributed by atoms with Crippen molar-refractivity contribution in [2.45, 2.75) is 39.7 Å². The summed E-state index contributed by atoms with van der Waals surface area (Å²) in [6.07, 6.45) is 2.04. The Bertz CT molecular complexity index is 968. The van der Waals surface area contributed by atoms with Crippen LogP contribution >= 0.6 is 11.3 Å². The molecule has 152 valence electrons. The topological polar surface area (TPSA) is 51.7 Å². The Labute approximate surface area is 175 Å². The number of thiazole rings is 1. The Balaban J connectivity index is 1.58. The number of hydrogen-bond donors (Lipinski definition) is 0. The molecule has 1 unspecified atom stereocenters. The minimum absolute atomic E-state index is 0.0241. The van der Waals surface area contributed by atoms with E-state index in [9.17, 15) is 4.79 Å². The Kier molecular flexibility index (Phi) is 5.83. The van der Waals surface area contributed by atoms with Crippen LogP contribution in [0.3, 0.4) is 0 Å². The third kappa shape index (κ3) is 4.43. The van der Waals surface area contributed by atoms with Crippen LogP contribution in [0.5, 0.6) is 5.75 Å². The zero-order chi connectivity index (χ0) is 20.4. The van der Waals surface area contributed by atoms with E-state index in [0.717, 1.165) is 40.8 Å². The molecule has 6 heteroatoms. The largest absolute Gasteiger partial charge is 0.484 e. The fourth-order valence-electron chi connectivity index (χ4n) is 3.50. The van der Waals surface area contributed by atoms with Crippen LogP contribution in [0.1, 0.15) is 29.5 Å². The smallest absolute Gasteiger partial charge is 0.266 e. The molecule has 1 aromatic heterocycles. The summed E-state index contributed by atoms with van der Waals surface area (Å²) in [6, 6.07) is 11.9. The van der Waals surface area contributed by atoms with Crippen LogP contribution in [-0.4, -0.2) is 36.8 Å². The maximum Gasteiger partial charge on any atom is 0.266 e. The lowest BCUT2D eigenvalue weighted by Gasteiger charge is -2.23. The molecule has 1 atom stereocenters. The van der Waals surface area contributed by atoms with Gasteiger partial charge in [0.2, 0.25) is 0 Å². The Hall–Kier alpha value is -2.44. The van der Waals surface area contributed by atoms with Gasteiger partial charge in [0.15, 0.2) is 11.7 Å². The van der Waals surface area contributed by atoms with Gasteiger partial charge in [-0.2, -0.15) is 0 Å². The van der Waals surface area contributed by atoms with Gasteiger partial charge >= 0.3 is 0 Å². The molecule has 0 saturated carbocycles. The second-order valence-corrected chi connectivity index (χ2v) is 8.59. The summed E-state index contributed by atoms with van der Waals surface area (Å²) in [5, 5.41) is 0.713. The molecule has 0 bridgehead atoms. The summed E-state index contributed by atoms with van der Waals surface area (Å²) in [5.74, 6) is 0.590. The van der Waals surface area contributed by atoms with Crippen molar-refractivity contribution in [1.29, 1.82) is 0 Å². The lowest BCUT2D eigenvalue weighted by molar-refractivity contribution is -0.120. The molecule has 1 aliphatic heterocycles. The van der Waals surface area contributed by atoms with Gasteiger partial charge in [-0.15, -0.1) is 0 Å². The molecule has 29 heavy (non-hydrogen) atoms. The van der Waals surface area contributed by atoms with E-state index in [-0.39, 0.29) is 18.6 Å². The van der Waals surface area contributed by atoms with Crippen molar-refractivity contribution in [2.24, 2.45) is 0 Å². The first-order valence-electron chi connectivity index (χ1n) is 9.99. The van der Waals surface area contributed by atoms with Crippen LogP contribution in [0.15, 0.2) is 36.4 Å². The number of ether oxygens (including phenoxy) is 2. The predicted octanol–water partition coefficient (Wildman–Crippen LogP) is 4.81. The van der Waals surface area contributed by atoms with Gasteiger partial charge in [-0.3, -0.25) is 9.69 Å². The van der Waals surface area contributed by atoms with E-state index in [0.29, 0.717) is 17.4 Å². The van der Waals surface area contributed by atoms with Gasteiger partial charge in [0.05, 0.1) is 22.9 Å². The maximum absolute atomic E-state index is 13.1. The van der Waals surface area contributed by atoms with Gasteiger partial charge in [0.25, 0.3) is 5.91 Å². The average Bonchev–Trinajstić information content (AvgIpc) is 3.39. The van der Waals surface area contributed by atoms with Crippen molar-refractivity contribution in [3.05, 3.63) is 53.1 Å². The van der Waals surface area contributed by atoms with E-state index in [1.165, 1.54) is 5.56 Å². The molecule has 0 spiro atoms.